The Morgan fingerprint density at radius 1 is 1.38 bits per heavy atom. The van der Waals surface area contributed by atoms with Crippen LogP contribution < -0.4 is 10.6 Å². The lowest BCUT2D eigenvalue weighted by molar-refractivity contribution is 0.393. The molecule has 3 heteroatoms. The molecule has 1 aromatic rings. The Morgan fingerprint density at radius 3 is 2.81 bits per heavy atom. The van der Waals surface area contributed by atoms with Gasteiger partial charge < -0.3 is 10.6 Å². The number of nitrogens with one attached hydrogen (secondary N) is 2. The van der Waals surface area contributed by atoms with Gasteiger partial charge in [0.2, 0.25) is 0 Å². The third-order valence-corrected chi connectivity index (χ3v) is 3.83. The van der Waals surface area contributed by atoms with Gasteiger partial charge in [0, 0.05) is 17.1 Å². The molecular weight excluding hydrogens is 216 g/mol. The first-order valence-corrected chi connectivity index (χ1v) is 7.19. The van der Waals surface area contributed by atoms with Crippen molar-refractivity contribution in [1.29, 1.82) is 0 Å². The standard InChI is InChI=1S/C13H20N2S/c1-16-13-6-4-12(5-7-13)15-10-11-3-2-8-14-9-11/h4-7,11,14-15H,2-3,8-10H2,1H3. The molecule has 1 heterocycles. The van der Waals surface area contributed by atoms with Crippen molar-refractivity contribution in [1.82, 2.24) is 5.32 Å². The average molecular weight is 236 g/mol. The van der Waals surface area contributed by atoms with Gasteiger partial charge >= 0.3 is 0 Å². The summed E-state index contributed by atoms with van der Waals surface area (Å²) in [4.78, 5) is 1.32. The molecule has 0 aliphatic carbocycles. The first-order chi connectivity index (χ1) is 7.88. The third kappa shape index (κ3) is 3.42. The average Bonchev–Trinajstić information content (AvgIpc) is 2.38. The maximum Gasteiger partial charge on any atom is 0.0341 e. The fourth-order valence-corrected chi connectivity index (χ4v) is 2.48. The van der Waals surface area contributed by atoms with Gasteiger partial charge in [0.05, 0.1) is 0 Å². The molecule has 0 saturated carbocycles. The lowest BCUT2D eigenvalue weighted by Gasteiger charge is -2.23. The van der Waals surface area contributed by atoms with Gasteiger partial charge in [-0.3, -0.25) is 0 Å². The molecule has 2 N–H and O–H groups in total. The lowest BCUT2D eigenvalue weighted by atomic mass is 10.00. The number of thioether (sulfide) groups is 1. The van der Waals surface area contributed by atoms with Gasteiger partial charge in [-0.2, -0.15) is 0 Å². The van der Waals surface area contributed by atoms with Crippen LogP contribution in [0.1, 0.15) is 12.8 Å². The second-order valence-corrected chi connectivity index (χ2v) is 5.20. The van der Waals surface area contributed by atoms with Crippen LogP contribution in [0.4, 0.5) is 5.69 Å². The van der Waals surface area contributed by atoms with Crippen molar-refractivity contribution < 1.29 is 0 Å². The molecule has 1 aliphatic heterocycles. The van der Waals surface area contributed by atoms with Crippen LogP contribution in [-0.4, -0.2) is 25.9 Å². The Hall–Kier alpha value is -0.670. The third-order valence-electron chi connectivity index (χ3n) is 3.08. The summed E-state index contributed by atoms with van der Waals surface area (Å²) < 4.78 is 0. The van der Waals surface area contributed by atoms with E-state index in [9.17, 15) is 0 Å². The molecule has 0 aromatic heterocycles. The second-order valence-electron chi connectivity index (χ2n) is 4.32. The smallest absolute Gasteiger partial charge is 0.0341 e. The first kappa shape index (κ1) is 11.8. The minimum atomic E-state index is 0.786. The highest BCUT2D eigenvalue weighted by Gasteiger charge is 2.11. The topological polar surface area (TPSA) is 24.1 Å². The summed E-state index contributed by atoms with van der Waals surface area (Å²) in [6, 6.07) is 8.68. The SMILES string of the molecule is CSc1ccc(NCC2CCCNC2)cc1. The van der Waals surface area contributed by atoms with Gasteiger partial charge in [-0.25, -0.2) is 0 Å². The van der Waals surface area contributed by atoms with E-state index in [0.717, 1.165) is 19.0 Å². The van der Waals surface area contributed by atoms with Gasteiger partial charge in [0.15, 0.2) is 0 Å². The molecule has 0 radical (unpaired) electrons. The van der Waals surface area contributed by atoms with E-state index < -0.39 is 0 Å². The molecule has 2 nitrogen and oxygen atoms in total. The van der Waals surface area contributed by atoms with Crippen LogP contribution in [0.3, 0.4) is 0 Å². The highest BCUT2D eigenvalue weighted by molar-refractivity contribution is 7.98. The molecule has 1 unspecified atom stereocenters. The minimum Gasteiger partial charge on any atom is -0.385 e. The van der Waals surface area contributed by atoms with Gasteiger partial charge in [-0.05, 0) is 62.4 Å². The number of benzene rings is 1. The van der Waals surface area contributed by atoms with E-state index >= 15 is 0 Å². The second kappa shape index (κ2) is 6.16. The van der Waals surface area contributed by atoms with Crippen LogP contribution in [0.5, 0.6) is 0 Å². The number of anilines is 1. The highest BCUT2D eigenvalue weighted by Crippen LogP contribution is 2.18. The predicted octanol–water partition coefficient (Wildman–Crippen LogP) is 2.82. The molecule has 1 aliphatic rings. The molecule has 0 spiro atoms. The molecule has 1 aromatic carbocycles. The van der Waals surface area contributed by atoms with E-state index in [2.05, 4.69) is 41.2 Å². The van der Waals surface area contributed by atoms with Crippen molar-refractivity contribution in [3.63, 3.8) is 0 Å². The van der Waals surface area contributed by atoms with Crippen molar-refractivity contribution >= 4 is 17.4 Å². The van der Waals surface area contributed by atoms with Crippen molar-refractivity contribution in [2.24, 2.45) is 5.92 Å². The summed E-state index contributed by atoms with van der Waals surface area (Å²) >= 11 is 1.79. The van der Waals surface area contributed by atoms with Crippen molar-refractivity contribution in [2.75, 3.05) is 31.2 Å². The van der Waals surface area contributed by atoms with Crippen LogP contribution in [0.15, 0.2) is 29.2 Å². The monoisotopic (exact) mass is 236 g/mol. The maximum absolute atomic E-state index is 3.52. The van der Waals surface area contributed by atoms with Gasteiger partial charge in [-0.15, -0.1) is 11.8 Å². The van der Waals surface area contributed by atoms with Crippen LogP contribution in [0.2, 0.25) is 0 Å². The fourth-order valence-electron chi connectivity index (χ4n) is 2.07. The summed E-state index contributed by atoms with van der Waals surface area (Å²) in [5.41, 5.74) is 1.24. The van der Waals surface area contributed by atoms with Crippen molar-refractivity contribution in [3.05, 3.63) is 24.3 Å². The lowest BCUT2D eigenvalue weighted by Crippen LogP contribution is -2.33. The Labute approximate surface area is 102 Å². The Balaban J connectivity index is 1.79. The summed E-state index contributed by atoms with van der Waals surface area (Å²) in [5.74, 6) is 0.786. The summed E-state index contributed by atoms with van der Waals surface area (Å²) in [5, 5.41) is 6.96. The number of hydrogen-bond acceptors (Lipinski definition) is 3. The van der Waals surface area contributed by atoms with Crippen LogP contribution in [0.25, 0.3) is 0 Å². The summed E-state index contributed by atoms with van der Waals surface area (Å²) in [7, 11) is 0. The normalized spacial score (nSPS) is 20.7. The van der Waals surface area contributed by atoms with E-state index in [4.69, 9.17) is 0 Å². The summed E-state index contributed by atoms with van der Waals surface area (Å²) in [6.07, 6.45) is 4.77. The molecule has 2 rings (SSSR count). The molecular formula is C13H20N2S. The molecule has 88 valence electrons. The zero-order valence-corrected chi connectivity index (χ0v) is 10.6. The van der Waals surface area contributed by atoms with Gasteiger partial charge in [-0.1, -0.05) is 0 Å². The van der Waals surface area contributed by atoms with Crippen LogP contribution in [0, 0.1) is 5.92 Å². The number of hydrogen-bond donors (Lipinski definition) is 2. The molecule has 0 bridgehead atoms. The molecule has 0 amide bonds. The molecule has 1 saturated heterocycles. The Kier molecular flexibility index (Phi) is 4.55. The Bertz CT molecular complexity index is 304. The molecule has 16 heavy (non-hydrogen) atoms. The fraction of sp³-hybridized carbons (Fsp3) is 0.538. The number of rotatable bonds is 4. The van der Waals surface area contributed by atoms with E-state index in [1.807, 2.05) is 0 Å². The first-order valence-electron chi connectivity index (χ1n) is 5.97. The quantitative estimate of drug-likeness (QED) is 0.786. The van der Waals surface area contributed by atoms with Crippen molar-refractivity contribution in [3.8, 4) is 0 Å². The van der Waals surface area contributed by atoms with E-state index in [-0.39, 0.29) is 0 Å². The zero-order valence-electron chi connectivity index (χ0n) is 9.83. The van der Waals surface area contributed by atoms with Gasteiger partial charge in [0.1, 0.15) is 0 Å². The maximum atomic E-state index is 3.52. The minimum absolute atomic E-state index is 0.786. The number of piperidine rings is 1. The zero-order chi connectivity index (χ0) is 11.2. The summed E-state index contributed by atoms with van der Waals surface area (Å²) in [6.45, 7) is 3.44. The van der Waals surface area contributed by atoms with Gasteiger partial charge in [0.25, 0.3) is 0 Å². The van der Waals surface area contributed by atoms with E-state index in [0.29, 0.717) is 0 Å². The van der Waals surface area contributed by atoms with Crippen LogP contribution >= 0.6 is 11.8 Å². The van der Waals surface area contributed by atoms with Crippen molar-refractivity contribution in [2.45, 2.75) is 17.7 Å². The largest absolute Gasteiger partial charge is 0.385 e. The molecule has 1 atom stereocenters. The van der Waals surface area contributed by atoms with E-state index in [1.165, 1.54) is 30.0 Å². The Morgan fingerprint density at radius 2 is 2.19 bits per heavy atom. The highest BCUT2D eigenvalue weighted by atomic mass is 32.2. The predicted molar refractivity (Wildman–Crippen MR) is 72.3 cm³/mol. The molecule has 1 fully saturated rings. The van der Waals surface area contributed by atoms with Crippen LogP contribution in [-0.2, 0) is 0 Å². The van der Waals surface area contributed by atoms with E-state index in [1.54, 1.807) is 11.8 Å².